The van der Waals surface area contributed by atoms with Crippen LogP contribution in [0.1, 0.15) is 77.6 Å². The van der Waals surface area contributed by atoms with Gasteiger partial charge in [-0.15, -0.1) is 106 Å². The Kier molecular flexibility index (Phi) is 25.7. The van der Waals surface area contributed by atoms with Gasteiger partial charge in [-0.05, 0) is 94.7 Å². The molecular weight excluding hydrogens is 1330 g/mol. The SMILES string of the molecule is CC(=O)C=C(C)O.CC(C)(C)c1ccc(-c2[c-]ccc(-c3ccccc3)c2)nc1.CC(C)(C)c1ccc(-c2[c-]ccc(-c3ccccc3)c2)nc1.Cc1ccc[c-]c1-c1ccccn1.Cc1ccccc1-c1ccccn1.[Ir].[Ir]. The molecule has 6 aromatic carbocycles. The van der Waals surface area contributed by atoms with Crippen LogP contribution in [-0.2, 0) is 55.8 Å². The molecule has 0 spiro atoms. The molecule has 0 aliphatic heterocycles. The van der Waals surface area contributed by atoms with Crippen molar-refractivity contribution >= 4 is 5.78 Å². The molecule has 8 heteroatoms. The third-order valence-corrected chi connectivity index (χ3v) is 12.1. The fourth-order valence-electron chi connectivity index (χ4n) is 7.83. The number of hydrogen-bond acceptors (Lipinski definition) is 6. The van der Waals surface area contributed by atoms with Gasteiger partial charge in [0.2, 0.25) is 0 Å². The van der Waals surface area contributed by atoms with Crippen molar-refractivity contribution in [3.8, 4) is 67.3 Å². The Morgan fingerprint density at radius 3 is 1.27 bits per heavy atom. The second-order valence-corrected chi connectivity index (χ2v) is 20.4. The molecule has 4 aromatic heterocycles. The first kappa shape index (κ1) is 64.0. The van der Waals surface area contributed by atoms with Crippen LogP contribution in [0.4, 0.5) is 0 Å². The van der Waals surface area contributed by atoms with Gasteiger partial charge in [-0.3, -0.25) is 9.78 Å². The third-order valence-electron chi connectivity index (χ3n) is 12.1. The van der Waals surface area contributed by atoms with Crippen LogP contribution in [0.2, 0.25) is 0 Å². The molecule has 0 atom stereocenters. The number of hydrogen-bond donors (Lipinski definition) is 1. The Morgan fingerprint density at radius 2 is 0.886 bits per heavy atom. The van der Waals surface area contributed by atoms with E-state index < -0.39 is 0 Å². The zero-order valence-corrected chi connectivity index (χ0v) is 51.5. The number of pyridine rings is 4. The van der Waals surface area contributed by atoms with Crippen LogP contribution in [0.5, 0.6) is 0 Å². The number of allylic oxidation sites excluding steroid dienone is 2. The van der Waals surface area contributed by atoms with Gasteiger partial charge in [0.15, 0.2) is 5.78 Å². The summed E-state index contributed by atoms with van der Waals surface area (Å²) in [6, 6.07) is 77.6. The second-order valence-electron chi connectivity index (χ2n) is 20.4. The summed E-state index contributed by atoms with van der Waals surface area (Å²) in [5, 5.41) is 8.36. The zero-order valence-electron chi connectivity index (χ0n) is 46.8. The van der Waals surface area contributed by atoms with Gasteiger partial charge in [0.1, 0.15) is 0 Å². The summed E-state index contributed by atoms with van der Waals surface area (Å²) in [5.41, 5.74) is 18.3. The summed E-state index contributed by atoms with van der Waals surface area (Å²) in [4.78, 5) is 27.8. The number of nitrogens with zero attached hydrogens (tertiary/aromatic N) is 4. The average molecular weight is 1390 g/mol. The quantitative estimate of drug-likeness (QED) is 0.0972. The van der Waals surface area contributed by atoms with Crippen molar-refractivity contribution in [2.24, 2.45) is 0 Å². The van der Waals surface area contributed by atoms with E-state index >= 15 is 0 Å². The van der Waals surface area contributed by atoms with Crippen LogP contribution >= 0.6 is 0 Å². The predicted molar refractivity (Wildman–Crippen MR) is 320 cm³/mol. The van der Waals surface area contributed by atoms with Crippen LogP contribution in [-0.4, -0.2) is 30.8 Å². The number of carbonyl (C=O) groups is 1. The minimum Gasteiger partial charge on any atom is -0.512 e. The fraction of sp³-hybridized carbons (Fsp3) is 0.169. The second kappa shape index (κ2) is 31.7. The number of benzene rings is 6. The summed E-state index contributed by atoms with van der Waals surface area (Å²) >= 11 is 0. The van der Waals surface area contributed by atoms with Crippen molar-refractivity contribution in [2.75, 3.05) is 0 Å². The van der Waals surface area contributed by atoms with E-state index in [-0.39, 0.29) is 62.6 Å². The van der Waals surface area contributed by atoms with E-state index in [0.717, 1.165) is 39.5 Å². The smallest absolute Gasteiger partial charge is 0.155 e. The van der Waals surface area contributed by atoms with Gasteiger partial charge in [0, 0.05) is 76.6 Å². The van der Waals surface area contributed by atoms with Crippen molar-refractivity contribution in [2.45, 2.75) is 80.1 Å². The Morgan fingerprint density at radius 1 is 0.443 bits per heavy atom. The first-order chi connectivity index (χ1) is 37.0. The molecular formula is C71H69Ir2N4O2-3. The Bertz CT molecular complexity index is 3190. The topological polar surface area (TPSA) is 88.9 Å². The first-order valence-electron chi connectivity index (χ1n) is 25.8. The molecule has 6 nitrogen and oxygen atoms in total. The first-order valence-corrected chi connectivity index (χ1v) is 25.8. The van der Waals surface area contributed by atoms with Crippen molar-refractivity contribution < 1.29 is 50.1 Å². The molecule has 0 amide bonds. The van der Waals surface area contributed by atoms with E-state index in [1.54, 1.807) is 6.20 Å². The largest absolute Gasteiger partial charge is 0.512 e. The van der Waals surface area contributed by atoms with Crippen LogP contribution < -0.4 is 0 Å². The molecule has 0 aliphatic rings. The van der Waals surface area contributed by atoms with Gasteiger partial charge in [-0.25, -0.2) is 0 Å². The van der Waals surface area contributed by atoms with Gasteiger partial charge in [-0.1, -0.05) is 176 Å². The van der Waals surface area contributed by atoms with Crippen LogP contribution in [0.3, 0.4) is 0 Å². The third kappa shape index (κ3) is 20.6. The van der Waals surface area contributed by atoms with Crippen molar-refractivity contribution in [3.63, 3.8) is 0 Å². The average Bonchev–Trinajstić information content (AvgIpc) is 3.45. The Balaban J connectivity index is 0.000000221. The molecule has 79 heavy (non-hydrogen) atoms. The Labute approximate surface area is 497 Å². The van der Waals surface area contributed by atoms with Crippen molar-refractivity contribution in [1.29, 1.82) is 0 Å². The van der Waals surface area contributed by atoms with E-state index in [9.17, 15) is 4.79 Å². The van der Waals surface area contributed by atoms with Gasteiger partial charge in [0.05, 0.1) is 11.5 Å². The fourth-order valence-corrected chi connectivity index (χ4v) is 7.83. The van der Waals surface area contributed by atoms with Gasteiger partial charge < -0.3 is 20.1 Å². The molecule has 2 radical (unpaired) electrons. The maximum absolute atomic E-state index is 10.0. The summed E-state index contributed by atoms with van der Waals surface area (Å²) in [6.45, 7) is 20.2. The van der Waals surface area contributed by atoms with E-state index in [1.165, 1.54) is 70.0 Å². The molecule has 0 fully saturated rings. The molecule has 0 saturated carbocycles. The predicted octanol–water partition coefficient (Wildman–Crippen LogP) is 18.0. The molecule has 10 aromatic rings. The van der Waals surface area contributed by atoms with Crippen LogP contribution in [0.15, 0.2) is 237 Å². The number of carbonyl (C=O) groups excluding carboxylic acids is 1. The maximum atomic E-state index is 10.0. The number of aliphatic hydroxyl groups excluding tert-OH is 1. The minimum atomic E-state index is -0.125. The molecule has 4 heterocycles. The minimum absolute atomic E-state index is 0. The number of aromatic nitrogens is 4. The van der Waals surface area contributed by atoms with Crippen LogP contribution in [0.25, 0.3) is 67.3 Å². The summed E-state index contributed by atoms with van der Waals surface area (Å²) in [5.74, 6) is -0.0625. The molecule has 1 N–H and O–H groups in total. The number of ketones is 1. The summed E-state index contributed by atoms with van der Waals surface area (Å²) < 4.78 is 0. The molecule has 0 aliphatic carbocycles. The van der Waals surface area contributed by atoms with Gasteiger partial charge in [-0.2, -0.15) is 0 Å². The van der Waals surface area contributed by atoms with Crippen molar-refractivity contribution in [1.82, 2.24) is 19.9 Å². The van der Waals surface area contributed by atoms with Crippen LogP contribution in [0, 0.1) is 32.0 Å². The maximum Gasteiger partial charge on any atom is 0.155 e. The number of aliphatic hydroxyl groups is 1. The van der Waals surface area contributed by atoms with Gasteiger partial charge in [0.25, 0.3) is 0 Å². The normalized spacial score (nSPS) is 10.6. The number of rotatable bonds is 7. The summed E-state index contributed by atoms with van der Waals surface area (Å²) in [6.07, 6.45) is 8.73. The molecule has 0 bridgehead atoms. The molecule has 10 rings (SSSR count). The standard InChI is InChI=1S/2C21H20N.C12H11N.C12H10N.C5H8O2.2Ir/c2*1-21(2,3)19-12-13-20(22-15-19)18-11-7-10-17(14-18)16-8-5-4-6-9-16;2*1-10-6-2-3-7-11(10)12-8-4-5-9-13-12;1-4(6)3-5(2)7;;/h2*4-10,12-15H,1-3H3;2-9H,1H3;2-6,8-9H,1H3;3,6H,1-2H3;;/q2*-1;;-1;;;. The van der Waals surface area contributed by atoms with E-state index in [0.29, 0.717) is 0 Å². The Hall–Kier alpha value is -7.57. The van der Waals surface area contributed by atoms with Crippen molar-refractivity contribution in [3.05, 3.63) is 277 Å². The van der Waals surface area contributed by atoms with E-state index in [2.05, 4.69) is 209 Å². The van der Waals surface area contributed by atoms with E-state index in [1.807, 2.05) is 104 Å². The molecule has 0 unspecified atom stereocenters. The van der Waals surface area contributed by atoms with Gasteiger partial charge >= 0.3 is 0 Å². The zero-order chi connectivity index (χ0) is 55.2. The van der Waals surface area contributed by atoms with E-state index in [4.69, 9.17) is 5.11 Å². The molecule has 0 saturated heterocycles. The molecule has 406 valence electrons. The summed E-state index contributed by atoms with van der Waals surface area (Å²) in [7, 11) is 0. The monoisotopic (exact) mass is 1400 g/mol. The number of aryl methyl sites for hydroxylation is 2.